The first-order valence-corrected chi connectivity index (χ1v) is 7.86. The highest BCUT2D eigenvalue weighted by atomic mass is 13.9. The Labute approximate surface area is 126 Å². The van der Waals surface area contributed by atoms with Crippen molar-refractivity contribution in [2.75, 3.05) is 0 Å². The van der Waals surface area contributed by atoms with E-state index in [4.69, 9.17) is 0 Å². The lowest BCUT2D eigenvalue weighted by Gasteiger charge is -1.94. The first-order valence-electron chi connectivity index (χ1n) is 7.86. The van der Waals surface area contributed by atoms with Crippen molar-refractivity contribution in [1.29, 1.82) is 0 Å². The van der Waals surface area contributed by atoms with Crippen molar-refractivity contribution >= 4 is 0 Å². The van der Waals surface area contributed by atoms with Gasteiger partial charge in [0.2, 0.25) is 0 Å². The second-order valence-corrected chi connectivity index (χ2v) is 3.85. The molecule has 1 aliphatic rings. The molecule has 0 bridgehead atoms. The quantitative estimate of drug-likeness (QED) is 0.522. The zero-order valence-corrected chi connectivity index (χ0v) is 14.2. The fourth-order valence-corrected chi connectivity index (χ4v) is 1.42. The Kier molecular flexibility index (Phi) is 18.1. The lowest BCUT2D eigenvalue weighted by Crippen LogP contribution is -1.74. The Morgan fingerprint density at radius 2 is 1.45 bits per heavy atom. The van der Waals surface area contributed by atoms with Crippen LogP contribution in [0.15, 0.2) is 66.3 Å². The van der Waals surface area contributed by atoms with Gasteiger partial charge in [-0.05, 0) is 19.8 Å². The standard InChI is InChI=1S/C9H12.C7H8.2C2H6/c1-2-9-7-5-3-4-6-8-9;1-7-5-3-2-4-6-7;2*1-2/h3-7H,2,8H2,1H3;2-6H,1H3;2*1-2H3. The molecule has 0 unspecified atom stereocenters. The van der Waals surface area contributed by atoms with Gasteiger partial charge in [0.05, 0.1) is 0 Å². The van der Waals surface area contributed by atoms with Crippen LogP contribution in [-0.2, 0) is 0 Å². The van der Waals surface area contributed by atoms with Crippen LogP contribution < -0.4 is 0 Å². The van der Waals surface area contributed by atoms with Crippen molar-refractivity contribution in [2.45, 2.75) is 54.4 Å². The predicted molar refractivity (Wildman–Crippen MR) is 95.1 cm³/mol. The van der Waals surface area contributed by atoms with Crippen LogP contribution in [0, 0.1) is 6.92 Å². The van der Waals surface area contributed by atoms with Crippen molar-refractivity contribution in [2.24, 2.45) is 0 Å². The molecule has 1 aromatic rings. The van der Waals surface area contributed by atoms with Gasteiger partial charge in [-0.1, -0.05) is 106 Å². The van der Waals surface area contributed by atoms with Gasteiger partial charge >= 0.3 is 0 Å². The van der Waals surface area contributed by atoms with E-state index in [2.05, 4.69) is 56.4 Å². The van der Waals surface area contributed by atoms with Crippen LogP contribution in [0.25, 0.3) is 0 Å². The molecule has 0 N–H and O–H groups in total. The van der Waals surface area contributed by atoms with Crippen molar-refractivity contribution in [3.63, 3.8) is 0 Å². The predicted octanol–water partition coefficient (Wildman–Crippen LogP) is 6.89. The summed E-state index contributed by atoms with van der Waals surface area (Å²) in [5, 5.41) is 0. The van der Waals surface area contributed by atoms with E-state index < -0.39 is 0 Å². The Hall–Kier alpha value is -1.56. The van der Waals surface area contributed by atoms with E-state index in [1.165, 1.54) is 17.6 Å². The largest absolute Gasteiger partial charge is 0.0805 e. The normalized spacial score (nSPS) is 11.4. The second kappa shape index (κ2) is 17.4. The Bertz CT molecular complexity index is 366. The Morgan fingerprint density at radius 1 is 0.850 bits per heavy atom. The highest BCUT2D eigenvalue weighted by Gasteiger charge is 1.89. The third kappa shape index (κ3) is 12.9. The van der Waals surface area contributed by atoms with Crippen LogP contribution in [0.4, 0.5) is 0 Å². The number of aryl methyl sites for hydroxylation is 1. The maximum absolute atomic E-state index is 2.19. The van der Waals surface area contributed by atoms with Crippen LogP contribution >= 0.6 is 0 Å². The van der Waals surface area contributed by atoms with Gasteiger partial charge < -0.3 is 0 Å². The number of hydrogen-bond donors (Lipinski definition) is 0. The third-order valence-electron chi connectivity index (χ3n) is 2.46. The molecule has 0 aromatic heterocycles. The second-order valence-electron chi connectivity index (χ2n) is 3.85. The molecule has 0 heteroatoms. The summed E-state index contributed by atoms with van der Waals surface area (Å²) in [4.78, 5) is 0. The minimum Gasteiger partial charge on any atom is -0.0805 e. The molecule has 1 aromatic carbocycles. The minimum atomic E-state index is 1.13. The highest BCUT2D eigenvalue weighted by Crippen LogP contribution is 2.09. The summed E-state index contributed by atoms with van der Waals surface area (Å²) in [6.45, 7) is 12.3. The minimum absolute atomic E-state index is 1.13. The van der Waals surface area contributed by atoms with Gasteiger partial charge in [0, 0.05) is 0 Å². The molecule has 0 amide bonds. The summed E-state index contributed by atoms with van der Waals surface area (Å²) in [6.07, 6.45) is 13.0. The molecule has 0 fully saturated rings. The van der Waals surface area contributed by atoms with E-state index in [0.717, 1.165) is 6.42 Å². The molecule has 0 heterocycles. The molecule has 0 radical (unpaired) electrons. The molecule has 0 aliphatic heterocycles. The van der Waals surface area contributed by atoms with Gasteiger partial charge in [0.15, 0.2) is 0 Å². The van der Waals surface area contributed by atoms with Crippen molar-refractivity contribution in [3.05, 3.63) is 71.8 Å². The van der Waals surface area contributed by atoms with E-state index in [1.807, 2.05) is 45.9 Å². The molecule has 112 valence electrons. The Morgan fingerprint density at radius 3 is 1.90 bits per heavy atom. The first-order chi connectivity index (χ1) is 9.83. The van der Waals surface area contributed by atoms with Gasteiger partial charge in [-0.15, -0.1) is 0 Å². The number of hydrogen-bond acceptors (Lipinski definition) is 0. The molecule has 0 nitrogen and oxygen atoms in total. The van der Waals surface area contributed by atoms with Crippen molar-refractivity contribution in [1.82, 2.24) is 0 Å². The van der Waals surface area contributed by atoms with Crippen LogP contribution in [0.3, 0.4) is 0 Å². The lowest BCUT2D eigenvalue weighted by molar-refractivity contribution is 1.03. The summed E-state index contributed by atoms with van der Waals surface area (Å²) in [7, 11) is 0. The first kappa shape index (κ1) is 20.8. The summed E-state index contributed by atoms with van der Waals surface area (Å²) in [5.74, 6) is 0. The summed E-state index contributed by atoms with van der Waals surface area (Å²) >= 11 is 0. The topological polar surface area (TPSA) is 0 Å². The van der Waals surface area contributed by atoms with Crippen LogP contribution in [-0.4, -0.2) is 0 Å². The zero-order chi connectivity index (χ0) is 15.6. The molecule has 2 rings (SSSR count). The highest BCUT2D eigenvalue weighted by molar-refractivity contribution is 5.22. The number of benzene rings is 1. The van der Waals surface area contributed by atoms with Crippen molar-refractivity contribution in [3.8, 4) is 0 Å². The van der Waals surface area contributed by atoms with E-state index in [1.54, 1.807) is 0 Å². The zero-order valence-electron chi connectivity index (χ0n) is 14.2. The molecular weight excluding hydrogens is 240 g/mol. The Balaban J connectivity index is 0. The summed E-state index contributed by atoms with van der Waals surface area (Å²) in [5.41, 5.74) is 2.84. The van der Waals surface area contributed by atoms with E-state index in [9.17, 15) is 0 Å². The average Bonchev–Trinajstić information content (AvgIpc) is 2.81. The number of rotatable bonds is 1. The summed E-state index contributed by atoms with van der Waals surface area (Å²) < 4.78 is 0. The molecule has 20 heavy (non-hydrogen) atoms. The van der Waals surface area contributed by atoms with Crippen LogP contribution in [0.2, 0.25) is 0 Å². The van der Waals surface area contributed by atoms with Crippen LogP contribution in [0.1, 0.15) is 53.0 Å². The average molecular weight is 272 g/mol. The van der Waals surface area contributed by atoms with Gasteiger partial charge in [-0.3, -0.25) is 0 Å². The van der Waals surface area contributed by atoms with E-state index in [0.29, 0.717) is 0 Å². The lowest BCUT2D eigenvalue weighted by atomic mass is 10.1. The third-order valence-corrected chi connectivity index (χ3v) is 2.46. The van der Waals surface area contributed by atoms with E-state index >= 15 is 0 Å². The SMILES string of the molecule is CC.CC.CCC1=CC=CC=CC1.Cc1ccccc1. The van der Waals surface area contributed by atoms with Gasteiger partial charge in [0.1, 0.15) is 0 Å². The molecular formula is C20H32. The molecule has 0 saturated carbocycles. The fraction of sp³-hybridized carbons (Fsp3) is 0.400. The van der Waals surface area contributed by atoms with Gasteiger partial charge in [0.25, 0.3) is 0 Å². The number of allylic oxidation sites excluding steroid dienone is 6. The van der Waals surface area contributed by atoms with Crippen LogP contribution in [0.5, 0.6) is 0 Å². The fourth-order valence-electron chi connectivity index (χ4n) is 1.42. The van der Waals surface area contributed by atoms with Crippen molar-refractivity contribution < 1.29 is 0 Å². The maximum atomic E-state index is 2.19. The van der Waals surface area contributed by atoms with E-state index in [-0.39, 0.29) is 0 Å². The molecule has 0 spiro atoms. The molecule has 0 saturated heterocycles. The summed E-state index contributed by atoms with van der Waals surface area (Å²) in [6, 6.07) is 10.3. The van der Waals surface area contributed by atoms with Gasteiger partial charge in [-0.25, -0.2) is 0 Å². The smallest absolute Gasteiger partial charge is 0.0133 e. The molecule has 1 aliphatic carbocycles. The monoisotopic (exact) mass is 272 g/mol. The van der Waals surface area contributed by atoms with Gasteiger partial charge in [-0.2, -0.15) is 0 Å². The molecule has 0 atom stereocenters. The maximum Gasteiger partial charge on any atom is -0.0133 e.